The van der Waals surface area contributed by atoms with Crippen LogP contribution in [0.5, 0.6) is 5.75 Å². The standard InChI is InChI=1S/C22H23N3O3/c1-28-20-8-4-7-18(16-20)24-22(27)23-14-5-6-17-10-12-19(13-11-17)25-15-3-2-9-21(25)26/h4,7-8,10-13,16H,2-3,9,14-15H2,1H3,(H2,23,24,27). The van der Waals surface area contributed by atoms with Crippen molar-refractivity contribution in [1.82, 2.24) is 5.32 Å². The Morgan fingerprint density at radius 2 is 2.00 bits per heavy atom. The number of nitrogens with zero attached hydrogens (tertiary/aromatic N) is 1. The second-order valence-electron chi connectivity index (χ2n) is 6.39. The van der Waals surface area contributed by atoms with E-state index >= 15 is 0 Å². The van der Waals surface area contributed by atoms with Crippen molar-refractivity contribution >= 4 is 23.3 Å². The van der Waals surface area contributed by atoms with E-state index in [4.69, 9.17) is 4.74 Å². The normalized spacial score (nSPS) is 13.3. The SMILES string of the molecule is COc1cccc(NC(=O)NCC#Cc2ccc(N3CCCCC3=O)cc2)c1. The van der Waals surface area contributed by atoms with Crippen molar-refractivity contribution < 1.29 is 14.3 Å². The first-order chi connectivity index (χ1) is 13.7. The zero-order valence-corrected chi connectivity index (χ0v) is 15.8. The van der Waals surface area contributed by atoms with E-state index in [2.05, 4.69) is 22.5 Å². The maximum absolute atomic E-state index is 12.0. The number of benzene rings is 2. The zero-order valence-electron chi connectivity index (χ0n) is 15.8. The quantitative estimate of drug-likeness (QED) is 0.803. The van der Waals surface area contributed by atoms with E-state index in [1.54, 1.807) is 31.4 Å². The maximum atomic E-state index is 12.0. The van der Waals surface area contributed by atoms with Crippen molar-refractivity contribution in [3.63, 3.8) is 0 Å². The van der Waals surface area contributed by atoms with Gasteiger partial charge in [-0.25, -0.2) is 4.79 Å². The molecule has 2 aromatic rings. The fourth-order valence-corrected chi connectivity index (χ4v) is 2.95. The van der Waals surface area contributed by atoms with Crippen LogP contribution in [0.3, 0.4) is 0 Å². The molecular formula is C22H23N3O3. The molecule has 0 unspecified atom stereocenters. The predicted octanol–water partition coefficient (Wildman–Crippen LogP) is 3.39. The first-order valence-corrected chi connectivity index (χ1v) is 9.24. The van der Waals surface area contributed by atoms with Crippen LogP contribution in [0, 0.1) is 11.8 Å². The molecule has 0 atom stereocenters. The number of hydrogen-bond acceptors (Lipinski definition) is 3. The summed E-state index contributed by atoms with van der Waals surface area (Å²) in [7, 11) is 1.58. The van der Waals surface area contributed by atoms with Gasteiger partial charge in [0.15, 0.2) is 0 Å². The molecule has 1 fully saturated rings. The van der Waals surface area contributed by atoms with E-state index in [1.807, 2.05) is 29.2 Å². The van der Waals surface area contributed by atoms with Crippen molar-refractivity contribution in [3.8, 4) is 17.6 Å². The van der Waals surface area contributed by atoms with Crippen molar-refractivity contribution in [1.29, 1.82) is 0 Å². The molecule has 144 valence electrons. The van der Waals surface area contributed by atoms with Crippen molar-refractivity contribution in [2.45, 2.75) is 19.3 Å². The van der Waals surface area contributed by atoms with E-state index in [1.165, 1.54) is 0 Å². The lowest BCUT2D eigenvalue weighted by Gasteiger charge is -2.26. The van der Waals surface area contributed by atoms with E-state index in [0.29, 0.717) is 17.9 Å². The highest BCUT2D eigenvalue weighted by Gasteiger charge is 2.19. The average Bonchev–Trinajstić information content (AvgIpc) is 2.72. The number of carbonyl (C=O) groups excluding carboxylic acids is 2. The summed E-state index contributed by atoms with van der Waals surface area (Å²) < 4.78 is 5.12. The van der Waals surface area contributed by atoms with E-state index in [-0.39, 0.29) is 18.5 Å². The van der Waals surface area contributed by atoms with Gasteiger partial charge < -0.3 is 20.3 Å². The molecule has 28 heavy (non-hydrogen) atoms. The highest BCUT2D eigenvalue weighted by molar-refractivity contribution is 5.94. The van der Waals surface area contributed by atoms with Gasteiger partial charge in [0, 0.05) is 36.0 Å². The number of amides is 3. The molecule has 6 heteroatoms. The molecule has 3 amide bonds. The Hall–Kier alpha value is -3.46. The molecular weight excluding hydrogens is 354 g/mol. The van der Waals surface area contributed by atoms with Gasteiger partial charge in [-0.05, 0) is 49.2 Å². The summed E-state index contributed by atoms with van der Waals surface area (Å²) in [5.41, 5.74) is 2.39. The van der Waals surface area contributed by atoms with Crippen LogP contribution in [0.1, 0.15) is 24.8 Å². The molecule has 2 N–H and O–H groups in total. The Kier molecular flexibility index (Phi) is 6.53. The second-order valence-corrected chi connectivity index (χ2v) is 6.39. The number of rotatable bonds is 4. The highest BCUT2D eigenvalue weighted by Crippen LogP contribution is 2.21. The summed E-state index contributed by atoms with van der Waals surface area (Å²) in [6.07, 6.45) is 2.62. The minimum atomic E-state index is -0.332. The Labute approximate surface area is 164 Å². The van der Waals surface area contributed by atoms with Gasteiger partial charge in [-0.15, -0.1) is 0 Å². The summed E-state index contributed by atoms with van der Waals surface area (Å²) in [5, 5.41) is 5.42. The van der Waals surface area contributed by atoms with Gasteiger partial charge in [-0.1, -0.05) is 17.9 Å². The van der Waals surface area contributed by atoms with Gasteiger partial charge in [-0.2, -0.15) is 0 Å². The largest absolute Gasteiger partial charge is 0.497 e. The molecule has 2 aromatic carbocycles. The number of urea groups is 1. The van der Waals surface area contributed by atoms with Gasteiger partial charge >= 0.3 is 6.03 Å². The number of ether oxygens (including phenoxy) is 1. The summed E-state index contributed by atoms with van der Waals surface area (Å²) in [6, 6.07) is 14.4. The van der Waals surface area contributed by atoms with Gasteiger partial charge in [0.2, 0.25) is 5.91 Å². The van der Waals surface area contributed by atoms with Crippen LogP contribution in [-0.2, 0) is 4.79 Å². The minimum Gasteiger partial charge on any atom is -0.497 e. The van der Waals surface area contributed by atoms with E-state index in [0.717, 1.165) is 30.6 Å². The fraction of sp³-hybridized carbons (Fsp3) is 0.273. The van der Waals surface area contributed by atoms with Gasteiger partial charge in [-0.3, -0.25) is 4.79 Å². The van der Waals surface area contributed by atoms with Crippen LogP contribution >= 0.6 is 0 Å². The number of anilines is 2. The lowest BCUT2D eigenvalue weighted by atomic mass is 10.1. The van der Waals surface area contributed by atoms with Crippen LogP contribution in [0.4, 0.5) is 16.2 Å². The molecule has 0 radical (unpaired) electrons. The molecule has 0 spiro atoms. The van der Waals surface area contributed by atoms with Gasteiger partial charge in [0.1, 0.15) is 5.75 Å². The Balaban J connectivity index is 1.48. The van der Waals surface area contributed by atoms with Gasteiger partial charge in [0.25, 0.3) is 0 Å². The molecule has 0 saturated carbocycles. The molecule has 3 rings (SSSR count). The van der Waals surface area contributed by atoms with Crippen LogP contribution in [0.2, 0.25) is 0 Å². The Morgan fingerprint density at radius 1 is 1.18 bits per heavy atom. The van der Waals surface area contributed by atoms with Crippen LogP contribution < -0.4 is 20.3 Å². The summed E-state index contributed by atoms with van der Waals surface area (Å²) in [6.45, 7) is 0.998. The monoisotopic (exact) mass is 377 g/mol. The molecule has 0 bridgehead atoms. The minimum absolute atomic E-state index is 0.177. The molecule has 6 nitrogen and oxygen atoms in total. The lowest BCUT2D eigenvalue weighted by Crippen LogP contribution is -2.35. The van der Waals surface area contributed by atoms with Crippen molar-refractivity contribution in [2.75, 3.05) is 30.4 Å². The Bertz CT molecular complexity index is 897. The zero-order chi connectivity index (χ0) is 19.8. The summed E-state index contributed by atoms with van der Waals surface area (Å²) in [5.74, 6) is 6.78. The predicted molar refractivity (Wildman–Crippen MR) is 110 cm³/mol. The molecule has 1 saturated heterocycles. The molecule has 0 aliphatic carbocycles. The summed E-state index contributed by atoms with van der Waals surface area (Å²) in [4.78, 5) is 25.7. The van der Waals surface area contributed by atoms with Crippen molar-refractivity contribution in [3.05, 3.63) is 54.1 Å². The molecule has 1 aliphatic rings. The van der Waals surface area contributed by atoms with Crippen molar-refractivity contribution in [2.24, 2.45) is 0 Å². The first-order valence-electron chi connectivity index (χ1n) is 9.24. The maximum Gasteiger partial charge on any atom is 0.319 e. The van der Waals surface area contributed by atoms with E-state index < -0.39 is 0 Å². The number of carbonyl (C=O) groups is 2. The topological polar surface area (TPSA) is 70.7 Å². The lowest BCUT2D eigenvalue weighted by molar-refractivity contribution is -0.119. The fourth-order valence-electron chi connectivity index (χ4n) is 2.95. The first kappa shape index (κ1) is 19.3. The number of piperidine rings is 1. The Morgan fingerprint density at radius 3 is 2.75 bits per heavy atom. The molecule has 1 aliphatic heterocycles. The molecule has 0 aromatic heterocycles. The number of hydrogen-bond donors (Lipinski definition) is 2. The second kappa shape index (κ2) is 9.47. The number of nitrogens with one attached hydrogen (secondary N) is 2. The highest BCUT2D eigenvalue weighted by atomic mass is 16.5. The van der Waals surface area contributed by atoms with Crippen LogP contribution in [0.15, 0.2) is 48.5 Å². The average molecular weight is 377 g/mol. The third-order valence-corrected chi connectivity index (χ3v) is 4.40. The van der Waals surface area contributed by atoms with Crippen LogP contribution in [-0.4, -0.2) is 32.1 Å². The molecule has 1 heterocycles. The summed E-state index contributed by atoms with van der Waals surface area (Å²) >= 11 is 0. The third kappa shape index (κ3) is 5.27. The van der Waals surface area contributed by atoms with E-state index in [9.17, 15) is 9.59 Å². The van der Waals surface area contributed by atoms with Crippen LogP contribution in [0.25, 0.3) is 0 Å². The van der Waals surface area contributed by atoms with Gasteiger partial charge in [0.05, 0.1) is 13.7 Å². The third-order valence-electron chi connectivity index (χ3n) is 4.40. The number of methoxy groups -OCH3 is 1. The smallest absolute Gasteiger partial charge is 0.319 e.